The number of hydrogen-bond donors (Lipinski definition) is 2. The molecule has 0 aromatic heterocycles. The quantitative estimate of drug-likeness (QED) is 0.233. The van der Waals surface area contributed by atoms with Crippen LogP contribution in [-0.4, -0.2) is 65.1 Å². The molecule has 2 aliphatic carbocycles. The van der Waals surface area contributed by atoms with Crippen LogP contribution in [0.25, 0.3) is 11.1 Å². The van der Waals surface area contributed by atoms with Gasteiger partial charge in [-0.1, -0.05) is 98.3 Å². The molecule has 1 heterocycles. The molecule has 4 amide bonds. The average Bonchev–Trinajstić information content (AvgIpc) is 3.69. The molecule has 0 radical (unpaired) electrons. The summed E-state index contributed by atoms with van der Waals surface area (Å²) in [5, 5.41) is 2.95. The highest BCUT2D eigenvalue weighted by atomic mass is 35.5. The first kappa shape index (κ1) is 37.5. The van der Waals surface area contributed by atoms with Crippen molar-refractivity contribution in [2.45, 2.75) is 89.9 Å². The Morgan fingerprint density at radius 3 is 2.17 bits per heavy atom. The highest BCUT2D eigenvalue weighted by Crippen LogP contribution is 2.45. The van der Waals surface area contributed by atoms with E-state index in [0.717, 1.165) is 45.6 Å². The Kier molecular flexibility index (Phi) is 11.7. The van der Waals surface area contributed by atoms with Crippen molar-refractivity contribution in [2.75, 3.05) is 19.7 Å². The molecular formula is C41H49ClN4O6. The van der Waals surface area contributed by atoms with Crippen LogP contribution < -0.4 is 11.1 Å². The zero-order chi connectivity index (χ0) is 37.0. The third-order valence-corrected chi connectivity index (χ3v) is 10.8. The predicted molar refractivity (Wildman–Crippen MR) is 199 cm³/mol. The number of hydrogen-bond acceptors (Lipinski definition) is 8. The molecule has 10 nitrogen and oxygen atoms in total. The van der Waals surface area contributed by atoms with Gasteiger partial charge in [0.05, 0.1) is 19.1 Å². The van der Waals surface area contributed by atoms with Gasteiger partial charge in [0.2, 0.25) is 11.8 Å². The Labute approximate surface area is 311 Å². The molecule has 2 fully saturated rings. The molecule has 3 aliphatic rings. The number of ether oxygens (including phenoxy) is 2. The van der Waals surface area contributed by atoms with Crippen molar-refractivity contribution in [3.8, 4) is 11.1 Å². The molecule has 1 aliphatic heterocycles. The van der Waals surface area contributed by atoms with Gasteiger partial charge in [0.25, 0.3) is 0 Å². The maximum absolute atomic E-state index is 13.9. The molecule has 2 atom stereocenters. The Morgan fingerprint density at radius 1 is 0.885 bits per heavy atom. The van der Waals surface area contributed by atoms with E-state index in [1.807, 2.05) is 36.4 Å². The number of fused-ring (bicyclic) bond motifs is 3. The Hall–Kier alpha value is -4.25. The molecule has 1 saturated heterocycles. The minimum absolute atomic E-state index is 0.0360. The molecule has 3 N–H and O–H groups in total. The van der Waals surface area contributed by atoms with E-state index in [0.29, 0.717) is 41.9 Å². The number of nitrogens with zero attached hydrogens (tertiary/aromatic N) is 2. The fourth-order valence-corrected chi connectivity index (χ4v) is 8.28. The number of amides is 4. The minimum Gasteiger partial charge on any atom is -0.448 e. The topological polar surface area (TPSA) is 131 Å². The van der Waals surface area contributed by atoms with E-state index in [2.05, 4.69) is 22.3 Å². The Morgan fingerprint density at radius 2 is 1.54 bits per heavy atom. The zero-order valence-electron chi connectivity index (χ0n) is 30.2. The molecule has 3 aromatic rings. The molecule has 3 aromatic carbocycles. The third-order valence-electron chi connectivity index (χ3n) is 10.5. The van der Waals surface area contributed by atoms with E-state index in [4.69, 9.17) is 26.8 Å². The van der Waals surface area contributed by atoms with Gasteiger partial charge in [-0.25, -0.2) is 14.5 Å². The highest BCUT2D eigenvalue weighted by Gasteiger charge is 2.41. The van der Waals surface area contributed by atoms with Crippen LogP contribution in [-0.2, 0) is 32.2 Å². The molecule has 52 heavy (non-hydrogen) atoms. The highest BCUT2D eigenvalue weighted by molar-refractivity contribution is 6.30. The summed E-state index contributed by atoms with van der Waals surface area (Å²) in [5.74, 6) is -0.276. The number of nitrogens with one attached hydrogen (secondary N) is 1. The van der Waals surface area contributed by atoms with Crippen LogP contribution >= 0.6 is 11.6 Å². The fourth-order valence-electron chi connectivity index (χ4n) is 8.08. The van der Waals surface area contributed by atoms with Crippen LogP contribution in [0.2, 0.25) is 5.02 Å². The van der Waals surface area contributed by atoms with Crippen LogP contribution in [0.4, 0.5) is 9.59 Å². The molecule has 0 bridgehead atoms. The lowest BCUT2D eigenvalue weighted by molar-refractivity contribution is -0.132. The lowest BCUT2D eigenvalue weighted by Gasteiger charge is -2.29. The molecule has 276 valence electrons. The largest absolute Gasteiger partial charge is 0.448 e. The van der Waals surface area contributed by atoms with Crippen molar-refractivity contribution in [2.24, 2.45) is 17.6 Å². The number of rotatable bonds is 9. The maximum Gasteiger partial charge on any atom is 0.420 e. The van der Waals surface area contributed by atoms with Gasteiger partial charge in [0.1, 0.15) is 12.2 Å². The Balaban J connectivity index is 1.25. The van der Waals surface area contributed by atoms with Crippen molar-refractivity contribution in [3.63, 3.8) is 0 Å². The Bertz CT molecular complexity index is 1760. The smallest absolute Gasteiger partial charge is 0.420 e. The minimum atomic E-state index is -0.868. The maximum atomic E-state index is 13.9. The second-order valence-electron chi connectivity index (χ2n) is 15.2. The van der Waals surface area contributed by atoms with Gasteiger partial charge in [-0.15, -0.1) is 0 Å². The summed E-state index contributed by atoms with van der Waals surface area (Å²) < 4.78 is 11.6. The first-order valence-electron chi connectivity index (χ1n) is 18.3. The monoisotopic (exact) mass is 728 g/mol. The van der Waals surface area contributed by atoms with Gasteiger partial charge >= 0.3 is 12.2 Å². The molecule has 0 spiro atoms. The molecule has 6 rings (SSSR count). The standard InChI is InChI=1S/C41H49ClN4O6/c1-41(2,3)52-40(50)46(39(49)51-25-35-33-15-9-7-13-31(33)32-14-8-10-16-34(32)35)24-27-17-18-30(42)19-28(27)22-45-23-29(26-11-5-4-6-12-26)20-36(45)38(48)44-37(47)21-43/h7-10,13-19,26,29,35-36H,4-6,11-12,20-25,43H2,1-3H3,(H,44,47,48)/t29?,36-/m0/s1. The van der Waals surface area contributed by atoms with E-state index in [1.54, 1.807) is 39.0 Å². The van der Waals surface area contributed by atoms with Gasteiger partial charge in [0.15, 0.2) is 0 Å². The lowest BCUT2D eigenvalue weighted by Crippen LogP contribution is -2.46. The van der Waals surface area contributed by atoms with Crippen LogP contribution in [0.1, 0.15) is 87.5 Å². The van der Waals surface area contributed by atoms with Crippen molar-refractivity contribution in [1.29, 1.82) is 0 Å². The number of imide groups is 2. The number of nitrogens with two attached hydrogens (primary N) is 1. The second kappa shape index (κ2) is 16.2. The molecule has 1 saturated carbocycles. The van der Waals surface area contributed by atoms with E-state index in [-0.39, 0.29) is 31.5 Å². The van der Waals surface area contributed by atoms with Crippen molar-refractivity contribution in [1.82, 2.24) is 15.1 Å². The van der Waals surface area contributed by atoms with Crippen LogP contribution in [0.5, 0.6) is 0 Å². The van der Waals surface area contributed by atoms with Gasteiger partial charge in [-0.2, -0.15) is 0 Å². The average molecular weight is 729 g/mol. The van der Waals surface area contributed by atoms with Crippen LogP contribution in [0.15, 0.2) is 66.7 Å². The van der Waals surface area contributed by atoms with Gasteiger partial charge in [-0.3, -0.25) is 19.8 Å². The lowest BCUT2D eigenvalue weighted by atomic mass is 9.79. The van der Waals surface area contributed by atoms with Crippen molar-refractivity contribution in [3.05, 3.63) is 94.0 Å². The summed E-state index contributed by atoms with van der Waals surface area (Å²) >= 11 is 6.54. The number of likely N-dealkylation sites (tertiary alicyclic amines) is 1. The summed E-state index contributed by atoms with van der Waals surface area (Å²) in [6.45, 7) is 5.84. The van der Waals surface area contributed by atoms with Crippen LogP contribution in [0.3, 0.4) is 0 Å². The van der Waals surface area contributed by atoms with Crippen molar-refractivity contribution >= 4 is 35.6 Å². The molecule has 11 heteroatoms. The summed E-state index contributed by atoms with van der Waals surface area (Å²) in [5.41, 5.74) is 10.4. The van der Waals surface area contributed by atoms with Crippen molar-refractivity contribution < 1.29 is 28.7 Å². The predicted octanol–water partition coefficient (Wildman–Crippen LogP) is 7.40. The normalized spacial score (nSPS) is 19.1. The summed E-state index contributed by atoms with van der Waals surface area (Å²) in [6, 6.07) is 20.9. The van der Waals surface area contributed by atoms with Gasteiger partial charge in [-0.05, 0) is 84.5 Å². The summed E-state index contributed by atoms with van der Waals surface area (Å²) in [6.07, 6.45) is 4.82. The van der Waals surface area contributed by atoms with E-state index in [9.17, 15) is 19.2 Å². The van der Waals surface area contributed by atoms with E-state index in [1.165, 1.54) is 19.3 Å². The number of carbonyl (C=O) groups excluding carboxylic acids is 4. The van der Waals surface area contributed by atoms with Gasteiger partial charge in [0, 0.05) is 24.0 Å². The SMILES string of the molecule is CC(C)(C)OC(=O)N(Cc1ccc(Cl)cc1CN1CC(C2CCCCC2)C[C@H]1C(=O)NC(=O)CN)C(=O)OCC1c2ccccc2-c2ccccc21. The molecular weight excluding hydrogens is 680 g/mol. The first-order valence-corrected chi connectivity index (χ1v) is 18.7. The summed E-state index contributed by atoms with van der Waals surface area (Å²) in [7, 11) is 0. The fraction of sp³-hybridized carbons (Fsp3) is 0.463. The second-order valence-corrected chi connectivity index (χ2v) is 15.7. The number of benzene rings is 3. The molecule has 1 unspecified atom stereocenters. The van der Waals surface area contributed by atoms with Gasteiger partial charge < -0.3 is 15.2 Å². The first-order chi connectivity index (χ1) is 24.9. The summed E-state index contributed by atoms with van der Waals surface area (Å²) in [4.78, 5) is 56.3. The third kappa shape index (κ3) is 8.68. The zero-order valence-corrected chi connectivity index (χ0v) is 31.0. The number of halogens is 1. The number of carbonyl (C=O) groups is 4. The van der Waals surface area contributed by atoms with Crippen LogP contribution in [0, 0.1) is 11.8 Å². The van der Waals surface area contributed by atoms with E-state index >= 15 is 0 Å². The van der Waals surface area contributed by atoms with E-state index < -0.39 is 29.7 Å².